The summed E-state index contributed by atoms with van der Waals surface area (Å²) < 4.78 is 0. The molecule has 0 saturated heterocycles. The van der Waals surface area contributed by atoms with Gasteiger partial charge in [-0.1, -0.05) is 103 Å². The van der Waals surface area contributed by atoms with Crippen LogP contribution in [-0.4, -0.2) is 23.2 Å². The molecule has 1 nitrogen and oxygen atoms in total. The molecule has 1 rings (SSSR count). The normalized spacial score (nSPS) is 16.0. The van der Waals surface area contributed by atoms with Crippen LogP contribution in [0.15, 0.2) is 0 Å². The molecule has 1 fully saturated rings. The first-order valence-corrected chi connectivity index (χ1v) is 11.8. The van der Waals surface area contributed by atoms with E-state index in [0.29, 0.717) is 6.61 Å². The minimum absolute atomic E-state index is 0.339. The van der Waals surface area contributed by atoms with E-state index in [1.807, 2.05) is 11.8 Å². The Morgan fingerprint density at radius 1 is 0.609 bits per heavy atom. The van der Waals surface area contributed by atoms with Crippen molar-refractivity contribution in [3.63, 3.8) is 0 Å². The van der Waals surface area contributed by atoms with E-state index < -0.39 is 0 Å². The summed E-state index contributed by atoms with van der Waals surface area (Å²) in [6, 6.07) is 0. The van der Waals surface area contributed by atoms with Crippen LogP contribution in [0.5, 0.6) is 0 Å². The fraction of sp³-hybridized carbons (Fsp3) is 1.00. The second-order valence-electron chi connectivity index (χ2n) is 7.52. The summed E-state index contributed by atoms with van der Waals surface area (Å²) in [6.45, 7) is 0.339. The highest BCUT2D eigenvalue weighted by molar-refractivity contribution is 7.99. The Bertz CT molecular complexity index is 226. The van der Waals surface area contributed by atoms with Crippen LogP contribution in [0.25, 0.3) is 0 Å². The van der Waals surface area contributed by atoms with Gasteiger partial charge in [-0.15, -0.1) is 0 Å². The van der Waals surface area contributed by atoms with Crippen LogP contribution >= 0.6 is 11.8 Å². The molecule has 1 N–H and O–H groups in total. The lowest BCUT2D eigenvalue weighted by atomic mass is 9.85. The molecule has 0 unspecified atom stereocenters. The summed E-state index contributed by atoms with van der Waals surface area (Å²) >= 11 is 1.89. The van der Waals surface area contributed by atoms with Gasteiger partial charge >= 0.3 is 0 Å². The lowest BCUT2D eigenvalue weighted by molar-refractivity contribution is 0.322. The number of rotatable bonds is 16. The van der Waals surface area contributed by atoms with E-state index in [1.165, 1.54) is 115 Å². The topological polar surface area (TPSA) is 20.2 Å². The Morgan fingerprint density at radius 2 is 1.13 bits per heavy atom. The fourth-order valence-corrected chi connectivity index (χ4v) is 4.61. The van der Waals surface area contributed by atoms with E-state index in [0.717, 1.165) is 11.7 Å². The molecule has 23 heavy (non-hydrogen) atoms. The summed E-state index contributed by atoms with van der Waals surface area (Å²) in [6.07, 6.45) is 25.0. The van der Waals surface area contributed by atoms with Crippen molar-refractivity contribution >= 4 is 11.8 Å². The van der Waals surface area contributed by atoms with Crippen molar-refractivity contribution in [2.45, 2.75) is 109 Å². The summed E-state index contributed by atoms with van der Waals surface area (Å²) in [5.41, 5.74) is 0. The summed E-state index contributed by atoms with van der Waals surface area (Å²) in [4.78, 5) is 0. The molecular formula is C21H42OS. The van der Waals surface area contributed by atoms with Gasteiger partial charge in [0.2, 0.25) is 0 Å². The molecule has 1 saturated carbocycles. The monoisotopic (exact) mass is 342 g/mol. The van der Waals surface area contributed by atoms with E-state index in [-0.39, 0.29) is 0 Å². The molecule has 1 aliphatic carbocycles. The number of aliphatic hydroxyl groups excluding tert-OH is 1. The predicted octanol–water partition coefficient (Wildman–Crippen LogP) is 6.97. The number of hydrogen-bond acceptors (Lipinski definition) is 2. The molecule has 0 atom stereocenters. The van der Waals surface area contributed by atoms with Gasteiger partial charge in [-0.3, -0.25) is 0 Å². The second-order valence-corrected chi connectivity index (χ2v) is 8.74. The first-order chi connectivity index (χ1) is 11.4. The zero-order chi connectivity index (χ0) is 16.4. The van der Waals surface area contributed by atoms with Crippen LogP contribution in [0, 0.1) is 5.92 Å². The lowest BCUT2D eigenvalue weighted by Crippen LogP contribution is -2.05. The maximum atomic E-state index is 8.70. The van der Waals surface area contributed by atoms with Crippen LogP contribution in [0.4, 0.5) is 0 Å². The highest BCUT2D eigenvalue weighted by Gasteiger charge is 2.12. The second kappa shape index (κ2) is 17.1. The zero-order valence-corrected chi connectivity index (χ0v) is 16.4. The summed E-state index contributed by atoms with van der Waals surface area (Å²) in [5.74, 6) is 3.24. The van der Waals surface area contributed by atoms with Gasteiger partial charge in [0.15, 0.2) is 0 Å². The third kappa shape index (κ3) is 14.4. The van der Waals surface area contributed by atoms with E-state index in [1.54, 1.807) is 0 Å². The third-order valence-corrected chi connectivity index (χ3v) is 6.41. The Labute approximate surface area is 150 Å². The van der Waals surface area contributed by atoms with Gasteiger partial charge in [0.25, 0.3) is 0 Å². The molecule has 0 amide bonds. The highest BCUT2D eigenvalue weighted by atomic mass is 32.2. The van der Waals surface area contributed by atoms with E-state index >= 15 is 0 Å². The lowest BCUT2D eigenvalue weighted by Gasteiger charge is -2.21. The number of thioether (sulfide) groups is 1. The van der Waals surface area contributed by atoms with Crippen molar-refractivity contribution in [1.29, 1.82) is 0 Å². The van der Waals surface area contributed by atoms with Crippen molar-refractivity contribution in [2.24, 2.45) is 5.92 Å². The average Bonchev–Trinajstić information content (AvgIpc) is 2.59. The molecule has 0 heterocycles. The Kier molecular flexibility index (Phi) is 15.9. The van der Waals surface area contributed by atoms with Gasteiger partial charge in [0, 0.05) is 5.75 Å². The van der Waals surface area contributed by atoms with Gasteiger partial charge in [-0.2, -0.15) is 11.8 Å². The predicted molar refractivity (Wildman–Crippen MR) is 106 cm³/mol. The van der Waals surface area contributed by atoms with Gasteiger partial charge in [-0.05, 0) is 18.1 Å². The molecule has 1 aliphatic rings. The summed E-state index contributed by atoms with van der Waals surface area (Å²) in [7, 11) is 0. The standard InChI is InChI=1S/C21H42OS/c22-18-20-23-19-14-9-7-5-3-1-2-4-6-8-11-15-21-16-12-10-13-17-21/h21-22H,1-20H2. The molecular weight excluding hydrogens is 300 g/mol. The van der Waals surface area contributed by atoms with Crippen molar-refractivity contribution in [3.05, 3.63) is 0 Å². The quantitative estimate of drug-likeness (QED) is 0.305. The third-order valence-electron chi connectivity index (χ3n) is 5.36. The zero-order valence-electron chi connectivity index (χ0n) is 15.6. The van der Waals surface area contributed by atoms with Gasteiger partial charge < -0.3 is 5.11 Å². The van der Waals surface area contributed by atoms with Crippen molar-refractivity contribution in [1.82, 2.24) is 0 Å². The molecule has 0 aromatic heterocycles. The Balaban J connectivity index is 1.67. The first-order valence-electron chi connectivity index (χ1n) is 10.6. The van der Waals surface area contributed by atoms with Gasteiger partial charge in [0.05, 0.1) is 6.61 Å². The molecule has 0 spiro atoms. The average molecular weight is 343 g/mol. The van der Waals surface area contributed by atoms with Crippen LogP contribution in [0.2, 0.25) is 0 Å². The van der Waals surface area contributed by atoms with Crippen molar-refractivity contribution < 1.29 is 5.11 Å². The SMILES string of the molecule is OCCSCCCCCCCCCCCCCC1CCCCC1. The largest absolute Gasteiger partial charge is 0.396 e. The van der Waals surface area contributed by atoms with E-state index in [2.05, 4.69) is 0 Å². The molecule has 2 heteroatoms. The molecule has 0 aliphatic heterocycles. The highest BCUT2D eigenvalue weighted by Crippen LogP contribution is 2.28. The molecule has 0 aromatic carbocycles. The number of hydrogen-bond donors (Lipinski definition) is 1. The minimum Gasteiger partial charge on any atom is -0.396 e. The smallest absolute Gasteiger partial charge is 0.0521 e. The van der Waals surface area contributed by atoms with E-state index in [9.17, 15) is 0 Å². The van der Waals surface area contributed by atoms with Crippen molar-refractivity contribution in [3.8, 4) is 0 Å². The van der Waals surface area contributed by atoms with Crippen LogP contribution in [-0.2, 0) is 0 Å². The van der Waals surface area contributed by atoms with E-state index in [4.69, 9.17) is 5.11 Å². The Hall–Kier alpha value is 0.310. The van der Waals surface area contributed by atoms with Crippen LogP contribution in [0.1, 0.15) is 109 Å². The maximum absolute atomic E-state index is 8.70. The fourth-order valence-electron chi connectivity index (χ4n) is 3.87. The first kappa shape index (κ1) is 21.4. The molecule has 0 radical (unpaired) electrons. The summed E-state index contributed by atoms with van der Waals surface area (Å²) in [5, 5.41) is 8.70. The minimum atomic E-state index is 0.339. The van der Waals surface area contributed by atoms with Crippen LogP contribution < -0.4 is 0 Å². The van der Waals surface area contributed by atoms with Gasteiger partial charge in [0.1, 0.15) is 0 Å². The number of unbranched alkanes of at least 4 members (excludes halogenated alkanes) is 10. The molecule has 0 aromatic rings. The maximum Gasteiger partial charge on any atom is 0.0521 e. The van der Waals surface area contributed by atoms with Gasteiger partial charge in [-0.25, -0.2) is 0 Å². The van der Waals surface area contributed by atoms with Crippen LogP contribution in [0.3, 0.4) is 0 Å². The molecule has 138 valence electrons. The number of aliphatic hydroxyl groups is 1. The van der Waals surface area contributed by atoms with Crippen molar-refractivity contribution in [2.75, 3.05) is 18.1 Å². The molecule has 0 bridgehead atoms. The Morgan fingerprint density at radius 3 is 1.70 bits per heavy atom.